The summed E-state index contributed by atoms with van der Waals surface area (Å²) in [5.41, 5.74) is 7.85. The van der Waals surface area contributed by atoms with E-state index in [1.54, 1.807) is 0 Å². The van der Waals surface area contributed by atoms with Gasteiger partial charge in [0, 0.05) is 45.7 Å². The van der Waals surface area contributed by atoms with Crippen molar-refractivity contribution in [2.24, 2.45) is 16.6 Å². The normalized spacial score (nSPS) is 17.1. The van der Waals surface area contributed by atoms with Crippen molar-refractivity contribution in [1.82, 2.24) is 20.4 Å². The van der Waals surface area contributed by atoms with E-state index >= 15 is 0 Å². The Morgan fingerprint density at radius 1 is 1.19 bits per heavy atom. The highest BCUT2D eigenvalue weighted by molar-refractivity contribution is 5.81. The van der Waals surface area contributed by atoms with Crippen LogP contribution in [0.25, 0.3) is 0 Å². The summed E-state index contributed by atoms with van der Waals surface area (Å²) in [7, 11) is 0. The molecule has 32 heavy (non-hydrogen) atoms. The van der Waals surface area contributed by atoms with E-state index in [4.69, 9.17) is 5.73 Å². The Morgan fingerprint density at radius 3 is 2.62 bits per heavy atom. The van der Waals surface area contributed by atoms with E-state index < -0.39 is 0 Å². The summed E-state index contributed by atoms with van der Waals surface area (Å²) < 4.78 is 0. The maximum absolute atomic E-state index is 12.2. The number of aliphatic imine (C=N–C) groups is 1. The second-order valence-corrected chi connectivity index (χ2v) is 8.23. The first-order valence-electron chi connectivity index (χ1n) is 11.9. The van der Waals surface area contributed by atoms with Crippen LogP contribution in [0.3, 0.4) is 0 Å². The first-order valence-corrected chi connectivity index (χ1v) is 11.9. The third kappa shape index (κ3) is 8.49. The van der Waals surface area contributed by atoms with Crippen LogP contribution < -0.4 is 16.4 Å². The number of carbonyl (C=O) groups excluding carboxylic acids is 2. The smallest absolute Gasteiger partial charge is 0.224 e. The Balaban J connectivity index is 1.90. The van der Waals surface area contributed by atoms with Crippen LogP contribution in [0.1, 0.15) is 51.2 Å². The lowest BCUT2D eigenvalue weighted by Crippen LogP contribution is -2.40. The molecule has 4 N–H and O–H groups in total. The number of likely N-dealkylation sites (tertiary alicyclic amines) is 1. The van der Waals surface area contributed by atoms with Gasteiger partial charge in [0.1, 0.15) is 0 Å². The number of amides is 2. The number of nitrogens with two attached hydrogens (primary N) is 1. The van der Waals surface area contributed by atoms with Gasteiger partial charge >= 0.3 is 0 Å². The molecule has 8 nitrogen and oxygen atoms in total. The minimum absolute atomic E-state index is 0.0427. The number of carbonyl (C=O) groups is 2. The van der Waals surface area contributed by atoms with Gasteiger partial charge in [-0.15, -0.1) is 0 Å². The lowest BCUT2D eigenvalue weighted by molar-refractivity contribution is -0.130. The van der Waals surface area contributed by atoms with E-state index in [0.717, 1.165) is 57.7 Å². The topological polar surface area (TPSA) is 103 Å². The van der Waals surface area contributed by atoms with E-state index in [0.29, 0.717) is 25.5 Å². The zero-order valence-corrected chi connectivity index (χ0v) is 19.9. The number of benzene rings is 1. The molecular weight excluding hydrogens is 404 g/mol. The van der Waals surface area contributed by atoms with Gasteiger partial charge in [0.15, 0.2) is 5.96 Å². The second-order valence-electron chi connectivity index (χ2n) is 8.23. The van der Waals surface area contributed by atoms with Gasteiger partial charge in [0.2, 0.25) is 11.8 Å². The Hall–Kier alpha value is -2.61. The van der Waals surface area contributed by atoms with Crippen LogP contribution in [0.5, 0.6) is 0 Å². The van der Waals surface area contributed by atoms with Crippen LogP contribution >= 0.6 is 0 Å². The minimum Gasteiger partial charge on any atom is -0.369 e. The van der Waals surface area contributed by atoms with Crippen LogP contribution in [0.2, 0.25) is 0 Å². The van der Waals surface area contributed by atoms with Gasteiger partial charge in [-0.25, -0.2) is 4.99 Å². The summed E-state index contributed by atoms with van der Waals surface area (Å²) in [6, 6.07) is 8.41. The lowest BCUT2D eigenvalue weighted by Gasteiger charge is -2.31. The molecule has 1 atom stereocenters. The van der Waals surface area contributed by atoms with Crippen molar-refractivity contribution >= 4 is 17.8 Å². The molecule has 1 heterocycles. The molecule has 1 aliphatic heterocycles. The van der Waals surface area contributed by atoms with E-state index in [2.05, 4.69) is 44.8 Å². The van der Waals surface area contributed by atoms with Crippen molar-refractivity contribution in [2.75, 3.05) is 39.3 Å². The summed E-state index contributed by atoms with van der Waals surface area (Å²) in [6.07, 6.45) is 2.34. The maximum Gasteiger partial charge on any atom is 0.224 e. The molecule has 0 spiro atoms. The lowest BCUT2D eigenvalue weighted by atomic mass is 9.97. The number of rotatable bonds is 11. The SMILES string of the molecule is CCNC(=NCc1cccc(CN2CCCC(C(N)=O)C2)c1)NCCC(=O)N(CC)CC. The Labute approximate surface area is 192 Å². The number of hydrogen-bond donors (Lipinski definition) is 3. The average molecular weight is 445 g/mol. The monoisotopic (exact) mass is 444 g/mol. The predicted octanol–water partition coefficient (Wildman–Crippen LogP) is 1.70. The minimum atomic E-state index is -0.194. The number of nitrogens with zero attached hydrogens (tertiary/aromatic N) is 3. The van der Waals surface area contributed by atoms with Gasteiger partial charge < -0.3 is 21.3 Å². The highest BCUT2D eigenvalue weighted by atomic mass is 16.2. The molecule has 0 aliphatic carbocycles. The third-order valence-corrected chi connectivity index (χ3v) is 5.82. The van der Waals surface area contributed by atoms with Gasteiger partial charge in [0.25, 0.3) is 0 Å². The largest absolute Gasteiger partial charge is 0.369 e. The molecule has 0 bridgehead atoms. The third-order valence-electron chi connectivity index (χ3n) is 5.82. The fourth-order valence-electron chi connectivity index (χ4n) is 4.05. The van der Waals surface area contributed by atoms with E-state index in [-0.39, 0.29) is 17.7 Å². The average Bonchev–Trinajstić information content (AvgIpc) is 2.78. The first-order chi connectivity index (χ1) is 15.5. The van der Waals surface area contributed by atoms with Crippen LogP contribution in [0.15, 0.2) is 29.3 Å². The Kier molecular flexibility index (Phi) is 11.0. The quantitative estimate of drug-likeness (QED) is 0.356. The molecule has 8 heteroatoms. The van der Waals surface area contributed by atoms with Crippen molar-refractivity contribution in [1.29, 1.82) is 0 Å². The van der Waals surface area contributed by atoms with Crippen molar-refractivity contribution in [3.63, 3.8) is 0 Å². The molecule has 1 saturated heterocycles. The molecule has 1 aliphatic rings. The summed E-state index contributed by atoms with van der Waals surface area (Å²) in [5.74, 6) is 0.631. The molecule has 1 fully saturated rings. The van der Waals surface area contributed by atoms with Crippen LogP contribution in [-0.2, 0) is 22.7 Å². The molecule has 1 unspecified atom stereocenters. The van der Waals surface area contributed by atoms with Crippen LogP contribution in [-0.4, -0.2) is 66.8 Å². The van der Waals surface area contributed by atoms with Crippen LogP contribution in [0.4, 0.5) is 0 Å². The first kappa shape index (κ1) is 25.6. The van der Waals surface area contributed by atoms with Crippen molar-refractivity contribution in [3.05, 3.63) is 35.4 Å². The molecule has 2 amide bonds. The van der Waals surface area contributed by atoms with Gasteiger partial charge in [-0.2, -0.15) is 0 Å². The standard InChI is InChI=1S/C24H40N6O2/c1-4-26-24(27-13-12-22(31)30(5-2)6-3)28-16-19-9-7-10-20(15-19)17-29-14-8-11-21(18-29)23(25)32/h7,9-10,15,21H,4-6,8,11-14,16-18H2,1-3H3,(H2,25,32)(H2,26,27,28). The van der Waals surface area contributed by atoms with Gasteiger partial charge in [-0.05, 0) is 51.3 Å². The van der Waals surface area contributed by atoms with Gasteiger partial charge in [0.05, 0.1) is 12.5 Å². The predicted molar refractivity (Wildman–Crippen MR) is 129 cm³/mol. The van der Waals surface area contributed by atoms with Crippen LogP contribution in [0, 0.1) is 5.92 Å². The summed E-state index contributed by atoms with van der Waals surface area (Å²) in [5, 5.41) is 6.50. The molecule has 1 aromatic carbocycles. The molecule has 2 rings (SSSR count). The fraction of sp³-hybridized carbons (Fsp3) is 0.625. The molecule has 0 aromatic heterocycles. The molecule has 0 saturated carbocycles. The molecule has 0 radical (unpaired) electrons. The molecule has 1 aromatic rings. The number of nitrogens with one attached hydrogen (secondary N) is 2. The van der Waals surface area contributed by atoms with E-state index in [1.807, 2.05) is 25.7 Å². The highest BCUT2D eigenvalue weighted by Gasteiger charge is 2.23. The van der Waals surface area contributed by atoms with E-state index in [1.165, 1.54) is 5.56 Å². The number of primary amides is 1. The van der Waals surface area contributed by atoms with Gasteiger partial charge in [-0.3, -0.25) is 14.5 Å². The summed E-state index contributed by atoms with van der Waals surface area (Å²) in [4.78, 5) is 32.5. The van der Waals surface area contributed by atoms with Crippen molar-refractivity contribution in [3.8, 4) is 0 Å². The fourth-order valence-corrected chi connectivity index (χ4v) is 4.05. The second kappa shape index (κ2) is 13.7. The van der Waals surface area contributed by atoms with E-state index in [9.17, 15) is 9.59 Å². The zero-order chi connectivity index (χ0) is 23.3. The zero-order valence-electron chi connectivity index (χ0n) is 19.9. The summed E-state index contributed by atoms with van der Waals surface area (Å²) >= 11 is 0. The number of guanidine groups is 1. The Morgan fingerprint density at radius 2 is 1.94 bits per heavy atom. The maximum atomic E-state index is 12.2. The highest BCUT2D eigenvalue weighted by Crippen LogP contribution is 2.19. The molecular formula is C24H40N6O2. The van der Waals surface area contributed by atoms with Crippen molar-refractivity contribution < 1.29 is 9.59 Å². The summed E-state index contributed by atoms with van der Waals surface area (Å²) in [6.45, 7) is 11.9. The van der Waals surface area contributed by atoms with Crippen molar-refractivity contribution in [2.45, 2.75) is 53.1 Å². The number of piperidine rings is 1. The number of hydrogen-bond acceptors (Lipinski definition) is 4. The van der Waals surface area contributed by atoms with Gasteiger partial charge in [-0.1, -0.05) is 24.3 Å². The Bertz CT molecular complexity index is 763. The molecule has 178 valence electrons.